The van der Waals surface area contributed by atoms with E-state index in [0.717, 1.165) is 28.6 Å². The fraction of sp³-hybridized carbons (Fsp3) is 0.0909. The van der Waals surface area contributed by atoms with Crippen LogP contribution in [0.5, 0.6) is 0 Å². The van der Waals surface area contributed by atoms with E-state index in [9.17, 15) is 9.59 Å². The molecule has 0 saturated carbocycles. The first-order valence-electron chi connectivity index (χ1n) is 9.30. The predicted octanol–water partition coefficient (Wildman–Crippen LogP) is 4.87. The first-order valence-corrected chi connectivity index (χ1v) is 10.9. The van der Waals surface area contributed by atoms with Gasteiger partial charge in [-0.1, -0.05) is 65.9 Å². The Hall–Kier alpha value is -2.94. The highest BCUT2D eigenvalue weighted by molar-refractivity contribution is 8.26. The number of halogens is 1. The summed E-state index contributed by atoms with van der Waals surface area (Å²) in [6.45, 7) is 0.0463. The van der Waals surface area contributed by atoms with Crippen molar-refractivity contribution in [2.24, 2.45) is 0 Å². The number of thiocarbonyl (C=S) groups is 1. The molecule has 2 aromatic carbocycles. The Kier molecular flexibility index (Phi) is 6.22. The number of carbonyl (C=O) groups excluding carboxylic acids is 1. The smallest absolute Gasteiger partial charge is 0.305 e. The second-order valence-corrected chi connectivity index (χ2v) is 8.81. The van der Waals surface area contributed by atoms with Gasteiger partial charge in [-0.2, -0.15) is 5.10 Å². The maximum atomic E-state index is 12.8. The number of aliphatic carboxylic acids is 1. The molecule has 1 N–H and O–H groups in total. The highest BCUT2D eigenvalue weighted by atomic mass is 35.5. The standard InChI is InChI=1S/C22H16ClN3O3S2/c23-16-8-6-14(7-9-16)20-15(13-26(24-20)17-4-2-1-3-5-17)12-18-21(29)25(22(30)31-18)11-10-19(27)28/h1-9,12-13H,10-11H2,(H,27,28). The number of rotatable bonds is 6. The van der Waals surface area contributed by atoms with Gasteiger partial charge >= 0.3 is 5.97 Å². The zero-order valence-corrected chi connectivity index (χ0v) is 18.5. The molecule has 0 aliphatic carbocycles. The van der Waals surface area contributed by atoms with E-state index in [4.69, 9.17) is 34.0 Å². The average Bonchev–Trinajstić information content (AvgIpc) is 3.29. The van der Waals surface area contributed by atoms with Gasteiger partial charge in [-0.15, -0.1) is 0 Å². The van der Waals surface area contributed by atoms with Crippen molar-refractivity contribution in [1.82, 2.24) is 14.7 Å². The highest BCUT2D eigenvalue weighted by Gasteiger charge is 2.32. The first kappa shape index (κ1) is 21.3. The third kappa shape index (κ3) is 4.71. The van der Waals surface area contributed by atoms with E-state index in [1.54, 1.807) is 22.9 Å². The normalized spacial score (nSPS) is 15.1. The number of para-hydroxylation sites is 1. The van der Waals surface area contributed by atoms with Crippen LogP contribution in [0.3, 0.4) is 0 Å². The van der Waals surface area contributed by atoms with E-state index in [1.165, 1.54) is 4.90 Å². The Morgan fingerprint density at radius 2 is 1.87 bits per heavy atom. The number of hydrogen-bond donors (Lipinski definition) is 1. The molecule has 3 aromatic rings. The minimum absolute atomic E-state index is 0.0463. The zero-order chi connectivity index (χ0) is 22.0. The summed E-state index contributed by atoms with van der Waals surface area (Å²) in [5.41, 5.74) is 3.17. The van der Waals surface area contributed by atoms with Gasteiger partial charge in [0.2, 0.25) is 0 Å². The third-order valence-electron chi connectivity index (χ3n) is 4.59. The van der Waals surface area contributed by atoms with Crippen molar-refractivity contribution in [2.75, 3.05) is 6.54 Å². The number of aromatic nitrogens is 2. The van der Waals surface area contributed by atoms with E-state index in [2.05, 4.69) is 0 Å². The van der Waals surface area contributed by atoms with Crippen LogP contribution in [0.25, 0.3) is 23.0 Å². The number of amides is 1. The molecule has 1 aliphatic rings. The molecule has 1 saturated heterocycles. The molecule has 6 nitrogen and oxygen atoms in total. The summed E-state index contributed by atoms with van der Waals surface area (Å²) in [5, 5.41) is 14.3. The maximum absolute atomic E-state index is 12.8. The number of benzene rings is 2. The van der Waals surface area contributed by atoms with Gasteiger partial charge in [0.05, 0.1) is 22.7 Å². The average molecular weight is 470 g/mol. The molecule has 1 fully saturated rings. The SMILES string of the molecule is O=C(O)CCN1C(=O)C(=Cc2cn(-c3ccccc3)nc2-c2ccc(Cl)cc2)SC1=S. The first-order chi connectivity index (χ1) is 14.9. The molecule has 4 rings (SSSR count). The number of carboxylic acids is 1. The van der Waals surface area contributed by atoms with E-state index in [0.29, 0.717) is 19.9 Å². The Morgan fingerprint density at radius 1 is 1.16 bits per heavy atom. The maximum Gasteiger partial charge on any atom is 0.305 e. The predicted molar refractivity (Wildman–Crippen MR) is 126 cm³/mol. The van der Waals surface area contributed by atoms with Crippen molar-refractivity contribution in [3.63, 3.8) is 0 Å². The summed E-state index contributed by atoms with van der Waals surface area (Å²) in [5.74, 6) is -1.28. The van der Waals surface area contributed by atoms with Gasteiger partial charge in [0.25, 0.3) is 5.91 Å². The fourth-order valence-electron chi connectivity index (χ4n) is 3.08. The number of carbonyl (C=O) groups is 2. The Balaban J connectivity index is 1.74. The molecule has 0 radical (unpaired) electrons. The second kappa shape index (κ2) is 9.05. The van der Waals surface area contributed by atoms with Crippen LogP contribution in [0.4, 0.5) is 0 Å². The molecule has 1 aliphatic heterocycles. The van der Waals surface area contributed by atoms with Crippen molar-refractivity contribution in [2.45, 2.75) is 6.42 Å². The zero-order valence-electron chi connectivity index (χ0n) is 16.1. The lowest BCUT2D eigenvalue weighted by Crippen LogP contribution is -2.30. The lowest BCUT2D eigenvalue weighted by atomic mass is 10.1. The topological polar surface area (TPSA) is 75.4 Å². The van der Waals surface area contributed by atoms with Crippen molar-refractivity contribution in [3.8, 4) is 16.9 Å². The van der Waals surface area contributed by atoms with Crippen molar-refractivity contribution in [3.05, 3.63) is 76.3 Å². The molecule has 9 heteroatoms. The summed E-state index contributed by atoms with van der Waals surface area (Å²) in [4.78, 5) is 25.4. The van der Waals surface area contributed by atoms with Crippen LogP contribution in [-0.4, -0.2) is 42.5 Å². The second-order valence-electron chi connectivity index (χ2n) is 6.70. The van der Waals surface area contributed by atoms with Gasteiger partial charge < -0.3 is 5.11 Å². The molecule has 31 heavy (non-hydrogen) atoms. The van der Waals surface area contributed by atoms with Gasteiger partial charge in [-0.05, 0) is 30.3 Å². The minimum atomic E-state index is -0.979. The monoisotopic (exact) mass is 469 g/mol. The van der Waals surface area contributed by atoms with Crippen LogP contribution in [0, 0.1) is 0 Å². The summed E-state index contributed by atoms with van der Waals surface area (Å²) >= 11 is 12.5. The number of hydrogen-bond acceptors (Lipinski definition) is 5. The lowest BCUT2D eigenvalue weighted by Gasteiger charge is -2.12. The Morgan fingerprint density at radius 3 is 2.55 bits per heavy atom. The van der Waals surface area contributed by atoms with Crippen LogP contribution in [0.15, 0.2) is 65.7 Å². The van der Waals surface area contributed by atoms with Crippen LogP contribution in [-0.2, 0) is 9.59 Å². The minimum Gasteiger partial charge on any atom is -0.481 e. The molecular weight excluding hydrogens is 454 g/mol. The third-order valence-corrected chi connectivity index (χ3v) is 6.22. The molecule has 2 heterocycles. The van der Waals surface area contributed by atoms with Crippen molar-refractivity contribution < 1.29 is 14.7 Å². The summed E-state index contributed by atoms with van der Waals surface area (Å²) in [6.07, 6.45) is 3.43. The van der Waals surface area contributed by atoms with Crippen molar-refractivity contribution >= 4 is 57.9 Å². The van der Waals surface area contributed by atoms with Crippen LogP contribution >= 0.6 is 35.6 Å². The Labute approximate surface area is 193 Å². The van der Waals surface area contributed by atoms with Gasteiger partial charge in [0, 0.05) is 28.9 Å². The van der Waals surface area contributed by atoms with E-state index >= 15 is 0 Å². The molecule has 156 valence electrons. The number of nitrogens with zero attached hydrogens (tertiary/aromatic N) is 3. The van der Waals surface area contributed by atoms with Crippen molar-refractivity contribution in [1.29, 1.82) is 0 Å². The number of carboxylic acid groups (broad SMARTS) is 1. The molecule has 1 aromatic heterocycles. The quantitative estimate of drug-likeness (QED) is 0.410. The van der Waals surface area contributed by atoms with Gasteiger partial charge in [0.1, 0.15) is 4.32 Å². The Bertz CT molecular complexity index is 1190. The molecule has 0 spiro atoms. The molecule has 0 unspecified atom stereocenters. The fourth-order valence-corrected chi connectivity index (χ4v) is 4.50. The molecular formula is C22H16ClN3O3S2. The van der Waals surface area contributed by atoms with Crippen LogP contribution < -0.4 is 0 Å². The molecule has 0 atom stereocenters. The van der Waals surface area contributed by atoms with Gasteiger partial charge in [-0.3, -0.25) is 14.5 Å². The van der Waals surface area contributed by atoms with Crippen LogP contribution in [0.1, 0.15) is 12.0 Å². The summed E-state index contributed by atoms with van der Waals surface area (Å²) < 4.78 is 2.10. The highest BCUT2D eigenvalue weighted by Crippen LogP contribution is 2.35. The van der Waals surface area contributed by atoms with E-state index < -0.39 is 5.97 Å². The molecule has 1 amide bonds. The summed E-state index contributed by atoms with van der Waals surface area (Å²) in [6, 6.07) is 17.0. The molecule has 0 bridgehead atoms. The lowest BCUT2D eigenvalue weighted by molar-refractivity contribution is -0.137. The number of thioether (sulfide) groups is 1. The van der Waals surface area contributed by atoms with E-state index in [1.807, 2.05) is 48.7 Å². The van der Waals surface area contributed by atoms with Gasteiger partial charge in [-0.25, -0.2) is 4.68 Å². The van der Waals surface area contributed by atoms with Gasteiger partial charge in [0.15, 0.2) is 0 Å². The van der Waals surface area contributed by atoms with Crippen LogP contribution in [0.2, 0.25) is 5.02 Å². The summed E-state index contributed by atoms with van der Waals surface area (Å²) in [7, 11) is 0. The van der Waals surface area contributed by atoms with E-state index in [-0.39, 0.29) is 18.9 Å². The largest absolute Gasteiger partial charge is 0.481 e.